The number of aryl methyl sites for hydroxylation is 1. The molecule has 10 nitrogen and oxygen atoms in total. The van der Waals surface area contributed by atoms with Crippen molar-refractivity contribution in [2.75, 3.05) is 22.8 Å². The van der Waals surface area contributed by atoms with Gasteiger partial charge in [-0.2, -0.15) is 19.8 Å². The van der Waals surface area contributed by atoms with Crippen molar-refractivity contribution >= 4 is 33.9 Å². The maximum absolute atomic E-state index is 13.5. The van der Waals surface area contributed by atoms with E-state index in [-0.39, 0.29) is 23.0 Å². The van der Waals surface area contributed by atoms with Gasteiger partial charge in [0.15, 0.2) is 11.4 Å². The molecule has 0 saturated heterocycles. The molecular formula is C17H15F3N8O2S. The van der Waals surface area contributed by atoms with Crippen LogP contribution in [0.15, 0.2) is 22.4 Å². The molecule has 2 aromatic rings. The van der Waals surface area contributed by atoms with Crippen molar-refractivity contribution < 1.29 is 21.6 Å². The Morgan fingerprint density at radius 2 is 1.90 bits per heavy atom. The van der Waals surface area contributed by atoms with Gasteiger partial charge in [-0.15, -0.1) is 23.4 Å². The summed E-state index contributed by atoms with van der Waals surface area (Å²) in [5.74, 6) is -0.195. The maximum atomic E-state index is 13.5. The van der Waals surface area contributed by atoms with E-state index in [4.69, 9.17) is 10.5 Å². The Morgan fingerprint density at radius 1 is 1.19 bits per heavy atom. The molecule has 0 N–H and O–H groups in total. The zero-order chi connectivity index (χ0) is 22.9. The van der Waals surface area contributed by atoms with Gasteiger partial charge in [0.2, 0.25) is 10.9 Å². The normalized spacial score (nSPS) is 13.9. The number of fused-ring (bicyclic) bond motifs is 1. The average molecular weight is 452 g/mol. The second kappa shape index (κ2) is 8.23. The Morgan fingerprint density at radius 3 is 2.45 bits per heavy atom. The molecule has 1 aromatic carbocycles. The van der Waals surface area contributed by atoms with Crippen LogP contribution in [0.5, 0.6) is 0 Å². The molecule has 1 aliphatic heterocycles. The summed E-state index contributed by atoms with van der Waals surface area (Å²) in [6.07, 6.45) is -3.89. The minimum Gasteiger partial charge on any atom is -0.374 e. The molecule has 3 rings (SSSR count). The fourth-order valence-corrected chi connectivity index (χ4v) is 3.76. The molecule has 0 amide bonds. The highest BCUT2D eigenvalue weighted by Gasteiger charge is 2.42. The first-order chi connectivity index (χ1) is 14.6. The zero-order valence-corrected chi connectivity index (χ0v) is 17.1. The van der Waals surface area contributed by atoms with E-state index in [1.807, 2.05) is 0 Å². The van der Waals surface area contributed by atoms with Crippen LogP contribution >= 0.6 is 0 Å². The molecule has 0 unspecified atom stereocenters. The van der Waals surface area contributed by atoms with Crippen LogP contribution in [-0.2, 0) is 24.4 Å². The number of hydrogen-bond donors (Lipinski definition) is 1. The van der Waals surface area contributed by atoms with Crippen LogP contribution in [0.1, 0.15) is 23.4 Å². The Balaban J connectivity index is 2.20. The molecule has 1 aromatic heterocycles. The number of alkyl halides is 3. The standard InChI is InChI=1S/C17H15F3N8O2S/c1-26-5-3-4-10-6-11(14(7-13(10)26)28(31(29)30)17(18,19)20)24-25-16-23-12(8-21)15(9-22)27(16)2/h6-7,31H,3-5H2,1-2H3. The predicted octanol–water partition coefficient (Wildman–Crippen LogP) is 2.81. The van der Waals surface area contributed by atoms with Gasteiger partial charge in [-0.05, 0) is 30.5 Å². The number of nitrogens with zero attached hydrogens (tertiary/aromatic N) is 8. The molecule has 14 heteroatoms. The summed E-state index contributed by atoms with van der Waals surface area (Å²) < 4.78 is 63.9. The van der Waals surface area contributed by atoms with Gasteiger partial charge in [0, 0.05) is 26.3 Å². The molecule has 31 heavy (non-hydrogen) atoms. The van der Waals surface area contributed by atoms with E-state index in [0.29, 0.717) is 24.2 Å². The summed E-state index contributed by atoms with van der Waals surface area (Å²) in [6, 6.07) is 5.96. The van der Waals surface area contributed by atoms with E-state index < -0.39 is 27.2 Å². The van der Waals surface area contributed by atoms with Gasteiger partial charge in [-0.3, -0.25) is 0 Å². The third-order valence-corrected chi connectivity index (χ3v) is 5.46. The molecular weight excluding hydrogens is 437 g/mol. The van der Waals surface area contributed by atoms with Crippen molar-refractivity contribution in [1.82, 2.24) is 9.55 Å². The van der Waals surface area contributed by atoms with Crippen molar-refractivity contribution in [3.63, 3.8) is 0 Å². The number of nitriles is 2. The van der Waals surface area contributed by atoms with Crippen LogP contribution in [-0.4, -0.2) is 37.9 Å². The van der Waals surface area contributed by atoms with Gasteiger partial charge in [0.05, 0.1) is 5.69 Å². The van der Waals surface area contributed by atoms with E-state index >= 15 is 0 Å². The second-order valence-corrected chi connectivity index (χ2v) is 7.48. The number of halogens is 3. The predicted molar refractivity (Wildman–Crippen MR) is 104 cm³/mol. The quantitative estimate of drug-likeness (QED) is 0.431. The van der Waals surface area contributed by atoms with Gasteiger partial charge in [0.1, 0.15) is 17.8 Å². The number of azo groups is 1. The van der Waals surface area contributed by atoms with Crippen LogP contribution in [0.2, 0.25) is 0 Å². The molecule has 0 radical (unpaired) electrons. The van der Waals surface area contributed by atoms with E-state index in [2.05, 4.69) is 15.2 Å². The third-order valence-electron chi connectivity index (χ3n) is 4.69. The number of rotatable bonds is 4. The molecule has 0 atom stereocenters. The van der Waals surface area contributed by atoms with Gasteiger partial charge >= 0.3 is 6.30 Å². The molecule has 0 fully saturated rings. The number of benzene rings is 1. The molecule has 0 aliphatic carbocycles. The third kappa shape index (κ3) is 4.15. The number of aromatic nitrogens is 2. The molecule has 1 aliphatic rings. The van der Waals surface area contributed by atoms with Gasteiger partial charge < -0.3 is 9.47 Å². The molecule has 0 spiro atoms. The maximum Gasteiger partial charge on any atom is 0.498 e. The average Bonchev–Trinajstić information content (AvgIpc) is 3.00. The fraction of sp³-hybridized carbons (Fsp3) is 0.353. The highest BCUT2D eigenvalue weighted by molar-refractivity contribution is 7.74. The highest BCUT2D eigenvalue weighted by Crippen LogP contribution is 2.42. The summed E-state index contributed by atoms with van der Waals surface area (Å²) in [5.41, 5.74) is -0.221. The fourth-order valence-electron chi connectivity index (χ4n) is 3.24. The van der Waals surface area contributed by atoms with Crippen molar-refractivity contribution in [2.24, 2.45) is 17.3 Å². The first-order valence-electron chi connectivity index (χ1n) is 8.76. The van der Waals surface area contributed by atoms with E-state index in [1.54, 1.807) is 24.1 Å². The van der Waals surface area contributed by atoms with E-state index in [1.165, 1.54) is 13.1 Å². The number of anilines is 2. The van der Waals surface area contributed by atoms with Crippen molar-refractivity contribution in [2.45, 2.75) is 19.1 Å². The minimum atomic E-state index is -5.22. The van der Waals surface area contributed by atoms with Crippen molar-refractivity contribution in [3.8, 4) is 12.1 Å². The van der Waals surface area contributed by atoms with E-state index in [9.17, 15) is 21.6 Å². The summed E-state index contributed by atoms with van der Waals surface area (Å²) >= 11 is 0. The summed E-state index contributed by atoms with van der Waals surface area (Å²) in [6.45, 7) is 0.601. The Kier molecular flexibility index (Phi) is 5.85. The Bertz CT molecular complexity index is 1210. The topological polar surface area (TPSA) is 131 Å². The Labute approximate surface area is 176 Å². The number of hydrogen-bond acceptors (Lipinski definition) is 8. The molecule has 2 heterocycles. The number of thiol groups is 1. The molecule has 0 bridgehead atoms. The monoisotopic (exact) mass is 452 g/mol. The van der Waals surface area contributed by atoms with Gasteiger partial charge in [-0.25, -0.2) is 8.42 Å². The minimum absolute atomic E-state index is 0.0942. The SMILES string of the molecule is CN1CCCc2cc(N=Nc3nc(C#N)c(C#N)n3C)c(N([SH](=O)=O)C(F)(F)F)cc21. The largest absolute Gasteiger partial charge is 0.498 e. The second-order valence-electron chi connectivity index (χ2n) is 6.60. The summed E-state index contributed by atoms with van der Waals surface area (Å²) in [4.78, 5) is 5.56. The summed E-state index contributed by atoms with van der Waals surface area (Å²) in [5, 5.41) is 25.7. The lowest BCUT2D eigenvalue weighted by Gasteiger charge is -2.30. The van der Waals surface area contributed by atoms with E-state index in [0.717, 1.165) is 17.1 Å². The first kappa shape index (κ1) is 22.0. The molecule has 162 valence electrons. The smallest absolute Gasteiger partial charge is 0.374 e. The van der Waals surface area contributed by atoms with Crippen LogP contribution in [0.3, 0.4) is 0 Å². The first-order valence-corrected chi connectivity index (χ1v) is 9.89. The lowest BCUT2D eigenvalue weighted by atomic mass is 10.0. The summed E-state index contributed by atoms with van der Waals surface area (Å²) in [7, 11) is -0.986. The van der Waals surface area contributed by atoms with Crippen LogP contribution < -0.4 is 9.21 Å². The number of imidazole rings is 1. The van der Waals surface area contributed by atoms with Gasteiger partial charge in [0.25, 0.3) is 5.95 Å². The highest BCUT2D eigenvalue weighted by atomic mass is 32.2. The zero-order valence-electron chi connectivity index (χ0n) is 16.3. The van der Waals surface area contributed by atoms with Crippen molar-refractivity contribution in [3.05, 3.63) is 29.1 Å². The lowest BCUT2D eigenvalue weighted by Crippen LogP contribution is -2.37. The molecule has 0 saturated carbocycles. The lowest BCUT2D eigenvalue weighted by molar-refractivity contribution is -0.115. The van der Waals surface area contributed by atoms with Crippen LogP contribution in [0, 0.1) is 22.7 Å². The van der Waals surface area contributed by atoms with Gasteiger partial charge in [-0.1, -0.05) is 0 Å². The van der Waals surface area contributed by atoms with Crippen LogP contribution in [0.4, 0.5) is 36.2 Å². The Hall–Kier alpha value is -3.65. The van der Waals surface area contributed by atoms with Crippen LogP contribution in [0.25, 0.3) is 0 Å². The van der Waals surface area contributed by atoms with Crippen molar-refractivity contribution in [1.29, 1.82) is 10.5 Å².